The molecule has 1 aliphatic carbocycles. The minimum atomic E-state index is -1.14. The van der Waals surface area contributed by atoms with Gasteiger partial charge in [0.25, 0.3) is 5.91 Å². The molecule has 1 amide bonds. The Labute approximate surface area is 135 Å². The van der Waals surface area contributed by atoms with Gasteiger partial charge in [0, 0.05) is 0 Å². The van der Waals surface area contributed by atoms with Crippen molar-refractivity contribution in [3.05, 3.63) is 54.0 Å². The lowest BCUT2D eigenvalue weighted by atomic mass is 9.94. The van der Waals surface area contributed by atoms with Crippen LogP contribution in [-0.4, -0.2) is 24.2 Å². The maximum atomic E-state index is 12.0. The van der Waals surface area contributed by atoms with Gasteiger partial charge in [-0.25, -0.2) is 0 Å². The van der Waals surface area contributed by atoms with Gasteiger partial charge in [-0.1, -0.05) is 18.2 Å². The maximum absolute atomic E-state index is 12.0. The molecule has 2 N–H and O–H groups in total. The predicted octanol–water partition coefficient (Wildman–Crippen LogP) is 2.38. The van der Waals surface area contributed by atoms with Crippen LogP contribution in [0.1, 0.15) is 24.2 Å². The van der Waals surface area contributed by atoms with Gasteiger partial charge in [0.2, 0.25) is 0 Å². The third-order valence-electron chi connectivity index (χ3n) is 4.21. The highest BCUT2D eigenvalue weighted by Gasteiger charge is 2.47. The summed E-state index contributed by atoms with van der Waals surface area (Å²) in [5.41, 5.74) is -0.160. The van der Waals surface area contributed by atoms with Gasteiger partial charge in [0.1, 0.15) is 17.1 Å². The molecule has 1 heterocycles. The first kappa shape index (κ1) is 15.6. The van der Waals surface area contributed by atoms with Crippen LogP contribution >= 0.6 is 0 Å². The molecule has 122 valence electrons. The summed E-state index contributed by atoms with van der Waals surface area (Å²) >= 11 is 0. The molecule has 5 nitrogen and oxygen atoms in total. The highest BCUT2D eigenvalue weighted by Crippen LogP contribution is 2.45. The Bertz CT molecular complexity index is 663. The molecule has 0 bridgehead atoms. The topological polar surface area (TPSA) is 71.7 Å². The fourth-order valence-corrected chi connectivity index (χ4v) is 2.66. The molecular weight excluding hydrogens is 294 g/mol. The smallest absolute Gasteiger partial charge is 0.258 e. The number of nitrogens with one attached hydrogen (secondary N) is 1. The second-order valence-corrected chi connectivity index (χ2v) is 6.01. The van der Waals surface area contributed by atoms with Crippen LogP contribution in [0.25, 0.3) is 0 Å². The van der Waals surface area contributed by atoms with Crippen LogP contribution in [0.4, 0.5) is 0 Å². The molecule has 1 aliphatic rings. The van der Waals surface area contributed by atoms with E-state index in [4.69, 9.17) is 9.15 Å². The zero-order valence-electron chi connectivity index (χ0n) is 13.1. The van der Waals surface area contributed by atoms with Crippen LogP contribution in [0.5, 0.6) is 5.75 Å². The third-order valence-corrected chi connectivity index (χ3v) is 4.21. The molecule has 1 atom stereocenters. The van der Waals surface area contributed by atoms with Gasteiger partial charge in [-0.05, 0) is 49.4 Å². The van der Waals surface area contributed by atoms with Crippen molar-refractivity contribution < 1.29 is 19.1 Å². The zero-order chi connectivity index (χ0) is 16.3. The summed E-state index contributed by atoms with van der Waals surface area (Å²) in [4.78, 5) is 12.0. The van der Waals surface area contributed by atoms with Gasteiger partial charge in [-0.15, -0.1) is 0 Å². The Morgan fingerprint density at radius 2 is 2.13 bits per heavy atom. The summed E-state index contributed by atoms with van der Waals surface area (Å²) in [6, 6.07) is 11.0. The lowest BCUT2D eigenvalue weighted by Crippen LogP contribution is -2.43. The van der Waals surface area contributed by atoms with Crippen LogP contribution in [0.3, 0.4) is 0 Å². The summed E-state index contributed by atoms with van der Waals surface area (Å²) in [6.45, 7) is 1.97. The third kappa shape index (κ3) is 3.56. The molecular formula is C18H21NO4. The number of carbonyl (C=O) groups excluding carboxylic acids is 1. The lowest BCUT2D eigenvalue weighted by molar-refractivity contribution is -0.125. The number of amides is 1. The van der Waals surface area contributed by atoms with E-state index in [1.165, 1.54) is 6.26 Å². The molecule has 1 aromatic heterocycles. The molecule has 1 saturated carbocycles. The monoisotopic (exact) mass is 315 g/mol. The average molecular weight is 315 g/mol. The van der Waals surface area contributed by atoms with E-state index in [0.29, 0.717) is 11.5 Å². The Balaban J connectivity index is 1.55. The number of hydrogen-bond donors (Lipinski definition) is 2. The Morgan fingerprint density at radius 1 is 1.35 bits per heavy atom. The first-order chi connectivity index (χ1) is 11.1. The molecule has 3 rings (SSSR count). The molecule has 0 saturated heterocycles. The number of rotatable bonds is 7. The number of para-hydroxylation sites is 1. The van der Waals surface area contributed by atoms with Gasteiger partial charge in [0.05, 0.1) is 12.8 Å². The molecule has 0 aliphatic heterocycles. The minimum Gasteiger partial charge on any atom is -0.484 e. The van der Waals surface area contributed by atoms with Crippen molar-refractivity contribution in [2.75, 3.05) is 13.2 Å². The predicted molar refractivity (Wildman–Crippen MR) is 85.0 cm³/mol. The van der Waals surface area contributed by atoms with Crippen molar-refractivity contribution in [2.45, 2.75) is 25.4 Å². The molecule has 2 aromatic rings. The zero-order valence-corrected chi connectivity index (χ0v) is 13.1. The van der Waals surface area contributed by atoms with Crippen molar-refractivity contribution in [1.82, 2.24) is 5.32 Å². The first-order valence-corrected chi connectivity index (χ1v) is 7.81. The Morgan fingerprint density at radius 3 is 2.78 bits per heavy atom. The summed E-state index contributed by atoms with van der Waals surface area (Å²) in [5.74, 6) is 1.05. The van der Waals surface area contributed by atoms with Gasteiger partial charge >= 0.3 is 0 Å². The first-order valence-electron chi connectivity index (χ1n) is 7.81. The standard InChI is InChI=1S/C18H21NO4/c1-13-5-2-3-6-15(13)23-11-17(20)19-12-18(21,14-8-9-14)16-7-4-10-22-16/h2-7,10,14,21H,8-9,11-12H2,1H3,(H,19,20)/t18-/m0/s1. The molecule has 0 unspecified atom stereocenters. The van der Waals surface area contributed by atoms with E-state index in [1.54, 1.807) is 12.1 Å². The summed E-state index contributed by atoms with van der Waals surface area (Å²) in [6.07, 6.45) is 3.41. The highest BCUT2D eigenvalue weighted by molar-refractivity contribution is 5.77. The van der Waals surface area contributed by atoms with E-state index >= 15 is 0 Å². The second-order valence-electron chi connectivity index (χ2n) is 6.01. The molecule has 0 spiro atoms. The molecule has 1 aromatic carbocycles. The quantitative estimate of drug-likeness (QED) is 0.823. The number of aryl methyl sites for hydroxylation is 1. The summed E-state index contributed by atoms with van der Waals surface area (Å²) in [5, 5.41) is 13.6. The maximum Gasteiger partial charge on any atom is 0.258 e. The highest BCUT2D eigenvalue weighted by atomic mass is 16.5. The number of hydrogen-bond acceptors (Lipinski definition) is 4. The Hall–Kier alpha value is -2.27. The van der Waals surface area contributed by atoms with Crippen LogP contribution < -0.4 is 10.1 Å². The van der Waals surface area contributed by atoms with E-state index in [-0.39, 0.29) is 25.0 Å². The van der Waals surface area contributed by atoms with Crippen molar-refractivity contribution in [3.8, 4) is 5.75 Å². The lowest BCUT2D eigenvalue weighted by Gasteiger charge is -2.26. The molecule has 1 fully saturated rings. The van der Waals surface area contributed by atoms with Crippen LogP contribution in [0, 0.1) is 12.8 Å². The fraction of sp³-hybridized carbons (Fsp3) is 0.389. The van der Waals surface area contributed by atoms with E-state index in [0.717, 1.165) is 18.4 Å². The van der Waals surface area contributed by atoms with Crippen molar-refractivity contribution in [2.24, 2.45) is 5.92 Å². The summed E-state index contributed by atoms with van der Waals surface area (Å²) < 4.78 is 10.9. The number of benzene rings is 1. The summed E-state index contributed by atoms with van der Waals surface area (Å²) in [7, 11) is 0. The van der Waals surface area contributed by atoms with Gasteiger partial charge in [-0.3, -0.25) is 4.79 Å². The van der Waals surface area contributed by atoms with Crippen molar-refractivity contribution >= 4 is 5.91 Å². The largest absolute Gasteiger partial charge is 0.484 e. The van der Waals surface area contributed by atoms with Crippen LogP contribution in [0.15, 0.2) is 47.1 Å². The van der Waals surface area contributed by atoms with E-state index in [1.807, 2.05) is 31.2 Å². The number of furan rings is 1. The molecule has 23 heavy (non-hydrogen) atoms. The normalized spacial score (nSPS) is 16.6. The van der Waals surface area contributed by atoms with Gasteiger partial charge in [0.15, 0.2) is 6.61 Å². The van der Waals surface area contributed by atoms with E-state index in [9.17, 15) is 9.90 Å². The van der Waals surface area contributed by atoms with Crippen LogP contribution in [0.2, 0.25) is 0 Å². The average Bonchev–Trinajstić information content (AvgIpc) is 3.27. The van der Waals surface area contributed by atoms with Crippen molar-refractivity contribution in [3.63, 3.8) is 0 Å². The van der Waals surface area contributed by atoms with E-state index in [2.05, 4.69) is 5.32 Å². The number of carbonyl (C=O) groups is 1. The van der Waals surface area contributed by atoms with Crippen molar-refractivity contribution in [1.29, 1.82) is 0 Å². The fourth-order valence-electron chi connectivity index (χ4n) is 2.66. The number of aliphatic hydroxyl groups is 1. The van der Waals surface area contributed by atoms with Gasteiger partial charge in [-0.2, -0.15) is 0 Å². The Kier molecular flexibility index (Phi) is 4.39. The van der Waals surface area contributed by atoms with Crippen LogP contribution in [-0.2, 0) is 10.4 Å². The van der Waals surface area contributed by atoms with Gasteiger partial charge < -0.3 is 19.6 Å². The molecule has 5 heteroatoms. The SMILES string of the molecule is Cc1ccccc1OCC(=O)NC[C@@](O)(c1ccco1)C1CC1. The number of ether oxygens (including phenoxy) is 1. The second kappa shape index (κ2) is 6.46. The minimum absolute atomic E-state index is 0.0796. The van der Waals surface area contributed by atoms with E-state index < -0.39 is 5.60 Å². The molecule has 0 radical (unpaired) electrons.